The Hall–Kier alpha value is -5.20. The Balaban J connectivity index is 0.000000187. The van der Waals surface area contributed by atoms with Crippen molar-refractivity contribution < 1.29 is 23.4 Å². The number of anilines is 1. The van der Waals surface area contributed by atoms with E-state index in [4.69, 9.17) is 25.8 Å². The minimum Gasteiger partial charge on any atom is -0.496 e. The first-order valence-corrected chi connectivity index (χ1v) is 18.7. The first-order chi connectivity index (χ1) is 26.4. The minimum absolute atomic E-state index is 0.0197. The second kappa shape index (κ2) is 17.1. The van der Waals surface area contributed by atoms with E-state index in [1.165, 1.54) is 6.92 Å². The minimum atomic E-state index is -0.268. The molecule has 3 aromatic heterocycles. The fourth-order valence-corrected chi connectivity index (χ4v) is 7.36. The molecule has 11 nitrogen and oxygen atoms in total. The molecule has 0 aliphatic carbocycles. The van der Waals surface area contributed by atoms with Crippen LogP contribution >= 0.6 is 11.6 Å². The van der Waals surface area contributed by atoms with Gasteiger partial charge >= 0.3 is 0 Å². The van der Waals surface area contributed by atoms with Gasteiger partial charge in [-0.15, -0.1) is 0 Å². The highest BCUT2D eigenvalue weighted by molar-refractivity contribution is 6.32. The molecule has 0 N–H and O–H groups in total. The smallest absolute Gasteiger partial charge is 0.197 e. The molecule has 0 radical (unpaired) electrons. The number of carbonyl (C=O) groups excluding carboxylic acids is 1. The third kappa shape index (κ3) is 8.40. The molecule has 0 saturated heterocycles. The fourth-order valence-electron chi connectivity index (χ4n) is 7.14. The molecule has 2 aliphatic rings. The Morgan fingerprint density at radius 2 is 1.80 bits per heavy atom. The van der Waals surface area contributed by atoms with Gasteiger partial charge in [-0.3, -0.25) is 9.59 Å². The van der Waals surface area contributed by atoms with Crippen LogP contribution < -0.4 is 19.8 Å². The van der Waals surface area contributed by atoms with Crippen LogP contribution in [0.4, 0.5) is 10.1 Å². The molecule has 13 heteroatoms. The Bertz CT molecular complexity index is 2250. The van der Waals surface area contributed by atoms with E-state index < -0.39 is 0 Å². The van der Waals surface area contributed by atoms with Gasteiger partial charge in [-0.25, -0.2) is 24.3 Å². The fraction of sp³-hybridized carbons (Fsp3) is 0.381. The zero-order chi connectivity index (χ0) is 39.4. The zero-order valence-electron chi connectivity index (χ0n) is 32.2. The summed E-state index contributed by atoms with van der Waals surface area (Å²) in [6.07, 6.45) is 9.18. The highest BCUT2D eigenvalue weighted by atomic mass is 35.5. The summed E-state index contributed by atoms with van der Waals surface area (Å²) < 4.78 is 32.6. The van der Waals surface area contributed by atoms with E-state index in [-0.39, 0.29) is 34.7 Å². The third-order valence-corrected chi connectivity index (χ3v) is 10.5. The van der Waals surface area contributed by atoms with Crippen LogP contribution in [-0.4, -0.2) is 64.3 Å². The molecular weight excluding hydrogens is 723 g/mol. The van der Waals surface area contributed by atoms with Gasteiger partial charge in [-0.05, 0) is 62.9 Å². The van der Waals surface area contributed by atoms with Crippen LogP contribution in [0.2, 0.25) is 5.02 Å². The lowest BCUT2D eigenvalue weighted by atomic mass is 9.87. The number of rotatable bonds is 10. The number of Topliss-reactive ketones (excluding diaryl/α,β-unsaturated/α-hetero) is 1. The maximum atomic E-state index is 14.3. The van der Waals surface area contributed by atoms with Gasteiger partial charge in [0.1, 0.15) is 17.3 Å². The molecular formula is C42H46ClFN6O5. The van der Waals surface area contributed by atoms with Crippen molar-refractivity contribution in [3.8, 4) is 34.4 Å². The molecule has 0 fully saturated rings. The van der Waals surface area contributed by atoms with Gasteiger partial charge in [0.15, 0.2) is 22.9 Å². The van der Waals surface area contributed by atoms with E-state index >= 15 is 0 Å². The number of hydrogen-bond donors (Lipinski definition) is 0. The molecule has 288 valence electrons. The van der Waals surface area contributed by atoms with Crippen molar-refractivity contribution in [3.05, 3.63) is 110 Å². The molecule has 0 bridgehead atoms. The molecule has 5 heterocycles. The van der Waals surface area contributed by atoms with Crippen molar-refractivity contribution in [2.45, 2.75) is 66.0 Å². The molecule has 0 spiro atoms. The van der Waals surface area contributed by atoms with Crippen LogP contribution in [-0.2, 0) is 17.6 Å². The van der Waals surface area contributed by atoms with Gasteiger partial charge in [0, 0.05) is 98.4 Å². The lowest BCUT2D eigenvalue weighted by Crippen LogP contribution is -2.35. The van der Waals surface area contributed by atoms with E-state index in [0.717, 1.165) is 59.6 Å². The van der Waals surface area contributed by atoms with Crippen molar-refractivity contribution >= 4 is 23.1 Å². The standard InChI is InChI=1S/C22H26ClNO4.C20H20FN5O/c1-13(2)19-8-15-9-22(28-7-5-6-27-4)18(23)10-16(15)20-11-21(26)17(14(3)25)12-24(19)20;1-12-16(21)9-14(10-18(12)27-3)26-8-5-17-15(13(26)2)11-24-20(25-17)19-22-6-4-7-23-19/h9-13,19H,5-8H2,1-4H3;4,6-7,9-11,13H,5,8H2,1-3H3/t19-;13-/m01/s1. The molecule has 2 aromatic carbocycles. The van der Waals surface area contributed by atoms with Crippen molar-refractivity contribution in [2.24, 2.45) is 5.92 Å². The number of carbonyl (C=O) groups is 1. The Labute approximate surface area is 325 Å². The van der Waals surface area contributed by atoms with Crippen molar-refractivity contribution in [3.63, 3.8) is 0 Å². The van der Waals surface area contributed by atoms with Crippen molar-refractivity contribution in [2.75, 3.05) is 38.9 Å². The quantitative estimate of drug-likeness (QED) is 0.102. The van der Waals surface area contributed by atoms with Crippen molar-refractivity contribution in [1.29, 1.82) is 0 Å². The molecule has 2 aliphatic heterocycles. The Kier molecular flexibility index (Phi) is 12.3. The highest BCUT2D eigenvalue weighted by Gasteiger charge is 2.30. The Morgan fingerprint density at radius 3 is 2.49 bits per heavy atom. The van der Waals surface area contributed by atoms with Crippen molar-refractivity contribution in [1.82, 2.24) is 24.5 Å². The van der Waals surface area contributed by atoms with Crippen LogP contribution in [0.15, 0.2) is 66.0 Å². The van der Waals surface area contributed by atoms with E-state index in [9.17, 15) is 14.0 Å². The van der Waals surface area contributed by atoms with E-state index in [0.29, 0.717) is 52.9 Å². The van der Waals surface area contributed by atoms with Gasteiger partial charge in [0.05, 0.1) is 41.7 Å². The average molecular weight is 769 g/mol. The molecule has 2 atom stereocenters. The predicted molar refractivity (Wildman–Crippen MR) is 211 cm³/mol. The van der Waals surface area contributed by atoms with Crippen LogP contribution in [0.1, 0.15) is 78.9 Å². The molecule has 55 heavy (non-hydrogen) atoms. The molecule has 7 rings (SSSR count). The summed E-state index contributed by atoms with van der Waals surface area (Å²) in [5, 5.41) is 0.508. The van der Waals surface area contributed by atoms with Crippen LogP contribution in [0.3, 0.4) is 0 Å². The van der Waals surface area contributed by atoms with Gasteiger partial charge in [0.25, 0.3) is 0 Å². The number of ether oxygens (including phenoxy) is 3. The molecule has 5 aromatic rings. The summed E-state index contributed by atoms with van der Waals surface area (Å²) in [5.41, 5.74) is 6.09. The van der Waals surface area contributed by atoms with E-state index in [2.05, 4.69) is 50.2 Å². The molecule has 0 saturated carbocycles. The number of hydrogen-bond acceptors (Lipinski definition) is 10. The first-order valence-electron chi connectivity index (χ1n) is 18.4. The average Bonchev–Trinajstić information content (AvgIpc) is 3.17. The number of halogens is 2. The first kappa shape index (κ1) is 39.5. The van der Waals surface area contributed by atoms with Crippen LogP contribution in [0.5, 0.6) is 11.5 Å². The van der Waals surface area contributed by atoms with E-state index in [1.54, 1.807) is 57.9 Å². The summed E-state index contributed by atoms with van der Waals surface area (Å²) in [4.78, 5) is 44.0. The maximum Gasteiger partial charge on any atom is 0.197 e. The molecule has 0 amide bonds. The summed E-state index contributed by atoms with van der Waals surface area (Å²) in [6.45, 7) is 11.4. The van der Waals surface area contributed by atoms with Gasteiger partial charge in [0.2, 0.25) is 0 Å². The monoisotopic (exact) mass is 768 g/mol. The number of aromatic nitrogens is 5. The van der Waals surface area contributed by atoms with Crippen LogP contribution in [0.25, 0.3) is 22.9 Å². The summed E-state index contributed by atoms with van der Waals surface area (Å²) in [6, 6.07) is 10.8. The SMILES string of the molecule is COCCCOc1cc2c(cc1Cl)-c1cc(=O)c(C(C)=O)cn1[C@H](C(C)C)C2.COc1cc(N2CCc3nc(-c4ncccn4)ncc3[C@H]2C)cc(F)c1C. The summed E-state index contributed by atoms with van der Waals surface area (Å²) in [5.74, 6) is 2.09. The molecule has 0 unspecified atom stereocenters. The number of ketones is 1. The highest BCUT2D eigenvalue weighted by Crippen LogP contribution is 2.42. The van der Waals surface area contributed by atoms with E-state index in [1.807, 2.05) is 24.4 Å². The second-order valence-electron chi connectivity index (χ2n) is 14.1. The van der Waals surface area contributed by atoms with Gasteiger partial charge < -0.3 is 23.7 Å². The predicted octanol–water partition coefficient (Wildman–Crippen LogP) is 8.05. The number of pyridine rings is 1. The second-order valence-corrected chi connectivity index (χ2v) is 14.5. The number of fused-ring (bicyclic) bond motifs is 4. The zero-order valence-corrected chi connectivity index (χ0v) is 33.0. The third-order valence-electron chi connectivity index (χ3n) is 10.2. The van der Waals surface area contributed by atoms with Gasteiger partial charge in [-0.1, -0.05) is 25.4 Å². The topological polar surface area (TPSA) is 122 Å². The normalized spacial score (nSPS) is 15.7. The number of methoxy groups -OCH3 is 2. The maximum absolute atomic E-state index is 14.3. The van der Waals surface area contributed by atoms with Crippen LogP contribution in [0, 0.1) is 18.7 Å². The number of benzene rings is 2. The summed E-state index contributed by atoms with van der Waals surface area (Å²) >= 11 is 6.46. The lowest BCUT2D eigenvalue weighted by Gasteiger charge is -2.36. The lowest BCUT2D eigenvalue weighted by molar-refractivity contribution is 0.101. The van der Waals surface area contributed by atoms with Gasteiger partial charge in [-0.2, -0.15) is 0 Å². The summed E-state index contributed by atoms with van der Waals surface area (Å²) in [7, 11) is 3.22. The largest absolute Gasteiger partial charge is 0.496 e. The number of nitrogens with zero attached hydrogens (tertiary/aromatic N) is 6. The Morgan fingerprint density at radius 1 is 1.04 bits per heavy atom.